The van der Waals surface area contributed by atoms with Crippen molar-refractivity contribution >= 4 is 27.2 Å². The quantitative estimate of drug-likeness (QED) is 0.713. The summed E-state index contributed by atoms with van der Waals surface area (Å²) in [4.78, 5) is 0. The summed E-state index contributed by atoms with van der Waals surface area (Å²) in [5.74, 6) is 0.732. The molecule has 3 nitrogen and oxygen atoms in total. The van der Waals surface area contributed by atoms with Crippen LogP contribution in [0.15, 0.2) is 29.6 Å². The zero-order valence-corrected chi connectivity index (χ0v) is 10.6. The maximum Gasteiger partial charge on any atom is 0.124 e. The molecule has 0 aliphatic heterocycles. The van der Waals surface area contributed by atoms with Crippen molar-refractivity contribution in [1.29, 1.82) is 0 Å². The second kappa shape index (κ2) is 3.60. The molecule has 4 heteroatoms. The van der Waals surface area contributed by atoms with Crippen LogP contribution in [0.4, 0.5) is 5.82 Å². The van der Waals surface area contributed by atoms with Gasteiger partial charge >= 0.3 is 0 Å². The van der Waals surface area contributed by atoms with Crippen LogP contribution in [-0.2, 0) is 7.05 Å². The lowest BCUT2D eigenvalue weighted by Gasteiger charge is -1.96. The van der Waals surface area contributed by atoms with Crippen molar-refractivity contribution in [2.45, 2.75) is 6.92 Å². The van der Waals surface area contributed by atoms with E-state index in [1.165, 1.54) is 15.6 Å². The van der Waals surface area contributed by atoms with Crippen LogP contribution in [0.5, 0.6) is 0 Å². The minimum Gasteiger partial charge on any atom is -0.384 e. The SMILES string of the molecule is Cc1c(-c2csc3ccccc23)nn(C)c1N. The number of anilines is 1. The van der Waals surface area contributed by atoms with Crippen LogP contribution < -0.4 is 5.73 Å². The summed E-state index contributed by atoms with van der Waals surface area (Å²) < 4.78 is 3.02. The van der Waals surface area contributed by atoms with Gasteiger partial charge in [-0.1, -0.05) is 18.2 Å². The first-order chi connectivity index (χ1) is 8.18. The zero-order chi connectivity index (χ0) is 12.0. The average molecular weight is 243 g/mol. The Bertz CT molecular complexity index is 694. The molecular formula is C13H13N3S. The van der Waals surface area contributed by atoms with Gasteiger partial charge in [-0.25, -0.2) is 0 Å². The van der Waals surface area contributed by atoms with Gasteiger partial charge in [0.2, 0.25) is 0 Å². The molecule has 0 atom stereocenters. The molecule has 0 bridgehead atoms. The molecule has 1 aromatic carbocycles. The fourth-order valence-corrected chi connectivity index (χ4v) is 3.01. The highest BCUT2D eigenvalue weighted by molar-refractivity contribution is 7.17. The van der Waals surface area contributed by atoms with Crippen molar-refractivity contribution in [3.63, 3.8) is 0 Å². The predicted molar refractivity (Wildman–Crippen MR) is 73.2 cm³/mol. The van der Waals surface area contributed by atoms with E-state index in [9.17, 15) is 0 Å². The summed E-state index contributed by atoms with van der Waals surface area (Å²) in [7, 11) is 1.88. The smallest absolute Gasteiger partial charge is 0.124 e. The Hall–Kier alpha value is -1.81. The summed E-state index contributed by atoms with van der Waals surface area (Å²) in [5.41, 5.74) is 9.17. The number of benzene rings is 1. The molecule has 0 aliphatic rings. The molecule has 0 fully saturated rings. The summed E-state index contributed by atoms with van der Waals surface area (Å²) in [6.45, 7) is 2.02. The zero-order valence-electron chi connectivity index (χ0n) is 9.77. The second-order valence-electron chi connectivity index (χ2n) is 4.13. The standard InChI is InChI=1S/C13H13N3S/c1-8-12(15-16(2)13(8)14)10-7-17-11-6-4-3-5-9(10)11/h3-7H,14H2,1-2H3. The van der Waals surface area contributed by atoms with Gasteiger partial charge in [0.15, 0.2) is 0 Å². The van der Waals surface area contributed by atoms with Gasteiger partial charge in [-0.05, 0) is 13.0 Å². The molecule has 0 unspecified atom stereocenters. The summed E-state index contributed by atoms with van der Waals surface area (Å²) >= 11 is 1.74. The van der Waals surface area contributed by atoms with Gasteiger partial charge in [-0.2, -0.15) is 5.10 Å². The second-order valence-corrected chi connectivity index (χ2v) is 5.04. The van der Waals surface area contributed by atoms with Crippen molar-refractivity contribution in [1.82, 2.24) is 9.78 Å². The number of fused-ring (bicyclic) bond motifs is 1. The minimum atomic E-state index is 0.732. The Labute approximate surface area is 103 Å². The molecule has 0 saturated carbocycles. The maximum absolute atomic E-state index is 5.96. The lowest BCUT2D eigenvalue weighted by molar-refractivity contribution is 0.782. The van der Waals surface area contributed by atoms with E-state index in [1.807, 2.05) is 14.0 Å². The normalized spacial score (nSPS) is 11.2. The molecule has 3 aromatic rings. The van der Waals surface area contributed by atoms with Crippen LogP contribution in [0, 0.1) is 6.92 Å². The summed E-state index contributed by atoms with van der Waals surface area (Å²) in [5, 5.41) is 7.90. The van der Waals surface area contributed by atoms with Gasteiger partial charge in [0.25, 0.3) is 0 Å². The monoisotopic (exact) mass is 243 g/mol. The van der Waals surface area contributed by atoms with Gasteiger partial charge in [0.05, 0.1) is 5.69 Å². The summed E-state index contributed by atoms with van der Waals surface area (Å²) in [6.07, 6.45) is 0. The van der Waals surface area contributed by atoms with E-state index in [1.54, 1.807) is 16.0 Å². The van der Waals surface area contributed by atoms with Gasteiger partial charge in [-0.3, -0.25) is 4.68 Å². The number of nitrogen functional groups attached to an aromatic ring is 1. The number of nitrogens with two attached hydrogens (primary N) is 1. The highest BCUT2D eigenvalue weighted by Crippen LogP contribution is 2.35. The van der Waals surface area contributed by atoms with E-state index in [2.05, 4.69) is 34.7 Å². The number of thiophene rings is 1. The Balaban J connectivity index is 2.31. The molecule has 0 radical (unpaired) electrons. The molecule has 0 aliphatic carbocycles. The fourth-order valence-electron chi connectivity index (χ4n) is 2.06. The van der Waals surface area contributed by atoms with Gasteiger partial charge in [0.1, 0.15) is 5.82 Å². The maximum atomic E-state index is 5.96. The van der Waals surface area contributed by atoms with Crippen molar-refractivity contribution in [3.8, 4) is 11.3 Å². The number of hydrogen-bond acceptors (Lipinski definition) is 3. The van der Waals surface area contributed by atoms with E-state index in [0.29, 0.717) is 0 Å². The van der Waals surface area contributed by atoms with Crippen LogP contribution in [0.1, 0.15) is 5.56 Å². The average Bonchev–Trinajstić information content (AvgIpc) is 2.86. The van der Waals surface area contributed by atoms with Crippen LogP contribution in [0.25, 0.3) is 21.3 Å². The third-order valence-electron chi connectivity index (χ3n) is 3.07. The van der Waals surface area contributed by atoms with E-state index in [4.69, 9.17) is 5.73 Å². The first-order valence-corrected chi connectivity index (χ1v) is 6.32. The van der Waals surface area contributed by atoms with E-state index in [0.717, 1.165) is 17.1 Å². The Morgan fingerprint density at radius 3 is 2.76 bits per heavy atom. The number of aromatic nitrogens is 2. The van der Waals surface area contributed by atoms with E-state index < -0.39 is 0 Å². The Morgan fingerprint density at radius 1 is 1.29 bits per heavy atom. The first-order valence-electron chi connectivity index (χ1n) is 5.44. The molecule has 17 heavy (non-hydrogen) atoms. The molecular weight excluding hydrogens is 230 g/mol. The van der Waals surface area contributed by atoms with Crippen LogP contribution >= 0.6 is 11.3 Å². The van der Waals surface area contributed by atoms with Crippen LogP contribution in [0.2, 0.25) is 0 Å². The lowest BCUT2D eigenvalue weighted by atomic mass is 10.1. The van der Waals surface area contributed by atoms with Crippen molar-refractivity contribution in [3.05, 3.63) is 35.2 Å². The minimum absolute atomic E-state index is 0.732. The lowest BCUT2D eigenvalue weighted by Crippen LogP contribution is -1.97. The number of nitrogens with zero attached hydrogens (tertiary/aromatic N) is 2. The highest BCUT2D eigenvalue weighted by Gasteiger charge is 2.14. The van der Waals surface area contributed by atoms with Gasteiger partial charge < -0.3 is 5.73 Å². The van der Waals surface area contributed by atoms with Crippen LogP contribution in [0.3, 0.4) is 0 Å². The van der Waals surface area contributed by atoms with E-state index >= 15 is 0 Å². The first kappa shape index (κ1) is 10.4. The Kier molecular flexibility index (Phi) is 2.19. The predicted octanol–water partition coefficient (Wildman–Crippen LogP) is 3.19. The highest BCUT2D eigenvalue weighted by atomic mass is 32.1. The van der Waals surface area contributed by atoms with Gasteiger partial charge in [-0.15, -0.1) is 11.3 Å². The molecule has 2 N–H and O–H groups in total. The molecule has 0 saturated heterocycles. The Morgan fingerprint density at radius 2 is 2.06 bits per heavy atom. The van der Waals surface area contributed by atoms with Crippen molar-refractivity contribution in [2.75, 3.05) is 5.73 Å². The number of hydrogen-bond donors (Lipinski definition) is 1. The van der Waals surface area contributed by atoms with Crippen molar-refractivity contribution < 1.29 is 0 Å². The number of rotatable bonds is 1. The number of aryl methyl sites for hydroxylation is 1. The molecule has 2 aromatic heterocycles. The molecule has 86 valence electrons. The molecule has 0 amide bonds. The largest absolute Gasteiger partial charge is 0.384 e. The summed E-state index contributed by atoms with van der Waals surface area (Å²) in [6, 6.07) is 8.37. The van der Waals surface area contributed by atoms with Crippen molar-refractivity contribution in [2.24, 2.45) is 7.05 Å². The molecule has 3 rings (SSSR count). The third kappa shape index (κ3) is 1.45. The van der Waals surface area contributed by atoms with Crippen LogP contribution in [-0.4, -0.2) is 9.78 Å². The fraction of sp³-hybridized carbons (Fsp3) is 0.154. The topological polar surface area (TPSA) is 43.8 Å². The van der Waals surface area contributed by atoms with Gasteiger partial charge in [0, 0.05) is 33.6 Å². The molecule has 0 spiro atoms. The molecule has 2 heterocycles. The van der Waals surface area contributed by atoms with E-state index in [-0.39, 0.29) is 0 Å². The third-order valence-corrected chi connectivity index (χ3v) is 4.04.